The molecule has 0 amide bonds. The van der Waals surface area contributed by atoms with E-state index in [0.29, 0.717) is 6.04 Å². The van der Waals surface area contributed by atoms with Crippen LogP contribution in [0.15, 0.2) is 0 Å². The minimum atomic E-state index is 0.606. The van der Waals surface area contributed by atoms with E-state index in [4.69, 9.17) is 0 Å². The van der Waals surface area contributed by atoms with E-state index in [0.717, 1.165) is 0 Å². The van der Waals surface area contributed by atoms with Crippen molar-refractivity contribution in [2.75, 3.05) is 7.05 Å². The van der Waals surface area contributed by atoms with E-state index in [9.17, 15) is 0 Å². The van der Waals surface area contributed by atoms with Gasteiger partial charge in [0.2, 0.25) is 0 Å². The zero-order valence-electron chi connectivity index (χ0n) is 6.70. The second-order valence-electron chi connectivity index (χ2n) is 2.44. The third-order valence-corrected chi connectivity index (χ3v) is 1.38. The Hall–Kier alpha value is -0.0800. The molecular formula is C7H18N2. The molecule has 0 bridgehead atoms. The summed E-state index contributed by atoms with van der Waals surface area (Å²) in [6, 6.07) is 0.606. The summed E-state index contributed by atoms with van der Waals surface area (Å²) in [6.07, 6.45) is 3.86. The van der Waals surface area contributed by atoms with Crippen LogP contribution in [0, 0.1) is 0 Å². The summed E-state index contributed by atoms with van der Waals surface area (Å²) in [4.78, 5) is 0. The Labute approximate surface area is 58.0 Å². The first-order valence-corrected chi connectivity index (χ1v) is 3.73. The van der Waals surface area contributed by atoms with Crippen molar-refractivity contribution < 1.29 is 0 Å². The lowest BCUT2D eigenvalue weighted by molar-refractivity contribution is 0.450. The van der Waals surface area contributed by atoms with Gasteiger partial charge < -0.3 is 0 Å². The lowest BCUT2D eigenvalue weighted by Crippen LogP contribution is -2.35. The molecule has 1 atom stereocenters. The van der Waals surface area contributed by atoms with E-state index < -0.39 is 0 Å². The number of rotatable bonds is 5. The first kappa shape index (κ1) is 8.92. The van der Waals surface area contributed by atoms with E-state index in [-0.39, 0.29) is 0 Å². The Morgan fingerprint density at radius 2 is 2.11 bits per heavy atom. The number of hydrazine groups is 1. The molecule has 0 aliphatic carbocycles. The number of nitrogens with one attached hydrogen (secondary N) is 2. The van der Waals surface area contributed by atoms with E-state index in [1.165, 1.54) is 19.3 Å². The first-order chi connectivity index (χ1) is 4.31. The zero-order valence-corrected chi connectivity index (χ0v) is 6.70. The Balaban J connectivity index is 2.95. The van der Waals surface area contributed by atoms with E-state index in [1.807, 2.05) is 7.05 Å². The summed E-state index contributed by atoms with van der Waals surface area (Å²) < 4.78 is 0. The number of unbranched alkanes of at least 4 members (excludes halogenated alkanes) is 1. The van der Waals surface area contributed by atoms with Crippen LogP contribution < -0.4 is 10.9 Å². The van der Waals surface area contributed by atoms with Gasteiger partial charge in [-0.05, 0) is 20.4 Å². The average Bonchev–Trinajstić information content (AvgIpc) is 1.85. The lowest BCUT2D eigenvalue weighted by atomic mass is 10.2. The van der Waals surface area contributed by atoms with Gasteiger partial charge in [-0.3, -0.25) is 10.9 Å². The van der Waals surface area contributed by atoms with Crippen molar-refractivity contribution in [1.82, 2.24) is 10.9 Å². The van der Waals surface area contributed by atoms with Crippen molar-refractivity contribution in [3.05, 3.63) is 0 Å². The van der Waals surface area contributed by atoms with Crippen LogP contribution in [0.25, 0.3) is 0 Å². The third-order valence-electron chi connectivity index (χ3n) is 1.38. The Morgan fingerprint density at radius 1 is 1.44 bits per heavy atom. The van der Waals surface area contributed by atoms with Crippen LogP contribution in [0.3, 0.4) is 0 Å². The molecule has 0 aromatic carbocycles. The molecule has 56 valence electrons. The molecule has 0 spiro atoms. The molecular weight excluding hydrogens is 112 g/mol. The molecule has 2 heteroatoms. The molecule has 0 aliphatic rings. The van der Waals surface area contributed by atoms with Crippen LogP contribution in [0.5, 0.6) is 0 Å². The van der Waals surface area contributed by atoms with Crippen molar-refractivity contribution in [3.63, 3.8) is 0 Å². The van der Waals surface area contributed by atoms with Crippen LogP contribution in [0.1, 0.15) is 33.1 Å². The predicted molar refractivity (Wildman–Crippen MR) is 41.2 cm³/mol. The van der Waals surface area contributed by atoms with Gasteiger partial charge in [0, 0.05) is 6.04 Å². The van der Waals surface area contributed by atoms with Crippen molar-refractivity contribution >= 4 is 0 Å². The Bertz CT molecular complexity index is 54.9. The molecule has 0 aliphatic heterocycles. The fraction of sp³-hybridized carbons (Fsp3) is 1.00. The molecule has 0 aromatic heterocycles. The summed E-state index contributed by atoms with van der Waals surface area (Å²) in [5.41, 5.74) is 6.06. The highest BCUT2D eigenvalue weighted by Crippen LogP contribution is 1.97. The quantitative estimate of drug-likeness (QED) is 0.548. The Morgan fingerprint density at radius 3 is 2.56 bits per heavy atom. The van der Waals surface area contributed by atoms with Crippen LogP contribution in [-0.2, 0) is 0 Å². The fourth-order valence-electron chi connectivity index (χ4n) is 0.829. The van der Waals surface area contributed by atoms with Gasteiger partial charge in [-0.1, -0.05) is 19.8 Å². The molecule has 0 aromatic rings. The van der Waals surface area contributed by atoms with Gasteiger partial charge in [-0.15, -0.1) is 0 Å². The van der Waals surface area contributed by atoms with E-state index in [2.05, 4.69) is 24.7 Å². The third kappa shape index (κ3) is 5.80. The standard InChI is InChI=1S/C7H18N2/c1-4-5-6-7(2)9-8-3/h7-9H,4-6H2,1-3H3/t7-/m0/s1. The summed E-state index contributed by atoms with van der Waals surface area (Å²) in [5, 5.41) is 0. The van der Waals surface area contributed by atoms with Crippen LogP contribution in [0.4, 0.5) is 0 Å². The molecule has 2 N–H and O–H groups in total. The maximum Gasteiger partial charge on any atom is 0.0184 e. The molecule has 0 saturated carbocycles. The van der Waals surface area contributed by atoms with E-state index in [1.54, 1.807) is 0 Å². The maximum atomic E-state index is 3.13. The van der Waals surface area contributed by atoms with Crippen LogP contribution in [-0.4, -0.2) is 13.1 Å². The lowest BCUT2D eigenvalue weighted by Gasteiger charge is -2.10. The molecule has 0 radical (unpaired) electrons. The molecule has 0 rings (SSSR count). The number of hydrogen-bond donors (Lipinski definition) is 2. The molecule has 0 heterocycles. The zero-order chi connectivity index (χ0) is 7.11. The SMILES string of the molecule is CCCC[C@H](C)NNC. The minimum absolute atomic E-state index is 0.606. The van der Waals surface area contributed by atoms with Gasteiger partial charge in [0.25, 0.3) is 0 Å². The molecule has 0 unspecified atom stereocenters. The van der Waals surface area contributed by atoms with Crippen molar-refractivity contribution in [3.8, 4) is 0 Å². The minimum Gasteiger partial charge on any atom is -0.261 e. The first-order valence-electron chi connectivity index (χ1n) is 3.73. The molecule has 9 heavy (non-hydrogen) atoms. The van der Waals surface area contributed by atoms with Gasteiger partial charge in [0.1, 0.15) is 0 Å². The second kappa shape index (κ2) is 6.05. The molecule has 2 nitrogen and oxygen atoms in total. The fourth-order valence-corrected chi connectivity index (χ4v) is 0.829. The second-order valence-corrected chi connectivity index (χ2v) is 2.44. The van der Waals surface area contributed by atoms with Crippen LogP contribution in [0.2, 0.25) is 0 Å². The van der Waals surface area contributed by atoms with E-state index >= 15 is 0 Å². The summed E-state index contributed by atoms with van der Waals surface area (Å²) >= 11 is 0. The highest BCUT2D eigenvalue weighted by atomic mass is 15.3. The van der Waals surface area contributed by atoms with Gasteiger partial charge in [-0.2, -0.15) is 0 Å². The van der Waals surface area contributed by atoms with Gasteiger partial charge in [-0.25, -0.2) is 0 Å². The van der Waals surface area contributed by atoms with Gasteiger partial charge in [0.05, 0.1) is 0 Å². The predicted octanol–water partition coefficient (Wildman–Crippen LogP) is 1.29. The molecule has 0 saturated heterocycles. The maximum absolute atomic E-state index is 3.13. The summed E-state index contributed by atoms with van der Waals surface area (Å²) in [7, 11) is 1.91. The Kier molecular flexibility index (Phi) is 5.99. The van der Waals surface area contributed by atoms with Gasteiger partial charge >= 0.3 is 0 Å². The molecule has 0 fully saturated rings. The number of hydrogen-bond acceptors (Lipinski definition) is 2. The van der Waals surface area contributed by atoms with Crippen molar-refractivity contribution in [2.45, 2.75) is 39.2 Å². The normalized spacial score (nSPS) is 13.7. The van der Waals surface area contributed by atoms with Crippen LogP contribution >= 0.6 is 0 Å². The highest BCUT2D eigenvalue weighted by molar-refractivity contribution is 4.54. The summed E-state index contributed by atoms with van der Waals surface area (Å²) in [5.74, 6) is 0. The largest absolute Gasteiger partial charge is 0.261 e. The summed E-state index contributed by atoms with van der Waals surface area (Å²) in [6.45, 7) is 4.40. The topological polar surface area (TPSA) is 24.1 Å². The highest BCUT2D eigenvalue weighted by Gasteiger charge is 1.95. The van der Waals surface area contributed by atoms with Crippen molar-refractivity contribution in [2.24, 2.45) is 0 Å². The smallest absolute Gasteiger partial charge is 0.0184 e. The van der Waals surface area contributed by atoms with Gasteiger partial charge in [0.15, 0.2) is 0 Å². The monoisotopic (exact) mass is 130 g/mol. The van der Waals surface area contributed by atoms with Crippen molar-refractivity contribution in [1.29, 1.82) is 0 Å². The average molecular weight is 130 g/mol.